The second-order valence-electron chi connectivity index (χ2n) is 3.99. The van der Waals surface area contributed by atoms with Crippen LogP contribution in [0.15, 0.2) is 20.1 Å². The van der Waals surface area contributed by atoms with Crippen LogP contribution in [0.1, 0.15) is 13.8 Å². The third kappa shape index (κ3) is 2.73. The topological polar surface area (TPSA) is 37.4 Å². The Morgan fingerprint density at radius 1 is 1.41 bits per heavy atom. The first-order valence-electron chi connectivity index (χ1n) is 5.31. The summed E-state index contributed by atoms with van der Waals surface area (Å²) in [6, 6.07) is 3.51. The summed E-state index contributed by atoms with van der Waals surface area (Å²) in [7, 11) is -3.31. The third-order valence-electron chi connectivity index (χ3n) is 2.94. The molecule has 2 heterocycles. The van der Waals surface area contributed by atoms with Gasteiger partial charge in [0.1, 0.15) is 4.21 Å². The number of hydrogen-bond acceptors (Lipinski definition) is 4. The van der Waals surface area contributed by atoms with E-state index in [4.69, 9.17) is 0 Å². The lowest BCUT2D eigenvalue weighted by Crippen LogP contribution is -2.47. The van der Waals surface area contributed by atoms with Gasteiger partial charge in [-0.1, -0.05) is 6.92 Å². The molecule has 17 heavy (non-hydrogen) atoms. The monoisotopic (exact) mass is 355 g/mol. The van der Waals surface area contributed by atoms with Crippen molar-refractivity contribution < 1.29 is 8.42 Å². The van der Waals surface area contributed by atoms with Crippen LogP contribution < -0.4 is 0 Å². The maximum atomic E-state index is 12.5. The lowest BCUT2D eigenvalue weighted by Gasteiger charge is -2.35. The van der Waals surface area contributed by atoms with Crippen LogP contribution in [0.5, 0.6) is 0 Å². The normalized spacial score (nSPS) is 27.2. The molecular weight excluding hydrogens is 342 g/mol. The molecule has 7 heteroatoms. The Hall–Kier alpha value is 0.440. The molecule has 1 saturated heterocycles. The highest BCUT2D eigenvalue weighted by atomic mass is 79.9. The molecular formula is C10H14BrNO2S3. The zero-order chi connectivity index (χ0) is 12.6. The average molecular weight is 356 g/mol. The van der Waals surface area contributed by atoms with Crippen molar-refractivity contribution in [2.75, 3.05) is 12.3 Å². The van der Waals surface area contributed by atoms with Crippen molar-refractivity contribution in [1.82, 2.24) is 4.31 Å². The Morgan fingerprint density at radius 2 is 2.12 bits per heavy atom. The van der Waals surface area contributed by atoms with Crippen LogP contribution in [0.4, 0.5) is 0 Å². The second-order valence-corrected chi connectivity index (χ2v) is 10.1. The van der Waals surface area contributed by atoms with Crippen molar-refractivity contribution in [1.29, 1.82) is 0 Å². The number of thiophene rings is 1. The van der Waals surface area contributed by atoms with E-state index in [1.54, 1.807) is 16.4 Å². The third-order valence-corrected chi connectivity index (χ3v) is 8.35. The van der Waals surface area contributed by atoms with E-state index in [-0.39, 0.29) is 6.04 Å². The van der Waals surface area contributed by atoms with Gasteiger partial charge < -0.3 is 0 Å². The Morgan fingerprint density at radius 3 is 2.71 bits per heavy atom. The standard InChI is InChI=1S/C10H14BrNO2S3/c1-7-8(2)15-6-5-12(7)17(13,14)10-4-3-9(11)16-10/h3-4,7-8H,5-6H2,1-2H3. The highest BCUT2D eigenvalue weighted by Gasteiger charge is 2.35. The van der Waals surface area contributed by atoms with Crippen molar-refractivity contribution in [2.24, 2.45) is 0 Å². The van der Waals surface area contributed by atoms with Crippen molar-refractivity contribution in [3.8, 4) is 0 Å². The highest BCUT2D eigenvalue weighted by molar-refractivity contribution is 9.11. The molecule has 0 amide bonds. The van der Waals surface area contributed by atoms with Gasteiger partial charge in [0.25, 0.3) is 10.0 Å². The van der Waals surface area contributed by atoms with Crippen molar-refractivity contribution in [3.05, 3.63) is 15.9 Å². The lowest BCUT2D eigenvalue weighted by atomic mass is 10.2. The minimum Gasteiger partial charge on any atom is -0.206 e. The minimum absolute atomic E-state index is 0.0552. The quantitative estimate of drug-likeness (QED) is 0.818. The first-order chi connectivity index (χ1) is 7.93. The molecule has 3 nitrogen and oxygen atoms in total. The van der Waals surface area contributed by atoms with E-state index in [9.17, 15) is 8.42 Å². The minimum atomic E-state index is -3.31. The molecule has 1 fully saturated rings. The zero-order valence-corrected chi connectivity index (χ0v) is 13.6. The largest absolute Gasteiger partial charge is 0.252 e. The van der Waals surface area contributed by atoms with Crippen LogP contribution in [0.25, 0.3) is 0 Å². The maximum absolute atomic E-state index is 12.5. The molecule has 2 rings (SSSR count). The van der Waals surface area contributed by atoms with Crippen LogP contribution in [0, 0.1) is 0 Å². The smallest absolute Gasteiger partial charge is 0.206 e. The molecule has 1 aromatic rings. The SMILES string of the molecule is CC1SCCN(S(=O)(=O)c2ccc(Br)s2)C1C. The second kappa shape index (κ2) is 5.21. The molecule has 0 saturated carbocycles. The molecule has 1 aromatic heterocycles. The molecule has 2 unspecified atom stereocenters. The van der Waals surface area contributed by atoms with Crippen LogP contribution in [0.2, 0.25) is 0 Å². The summed E-state index contributed by atoms with van der Waals surface area (Å²) in [5.74, 6) is 0.872. The fraction of sp³-hybridized carbons (Fsp3) is 0.600. The number of hydrogen-bond donors (Lipinski definition) is 0. The van der Waals surface area contributed by atoms with E-state index >= 15 is 0 Å². The summed E-state index contributed by atoms with van der Waals surface area (Å²) in [6.07, 6.45) is 0. The number of sulfonamides is 1. The predicted molar refractivity (Wildman–Crippen MR) is 77.3 cm³/mol. The van der Waals surface area contributed by atoms with Gasteiger partial charge in [0.15, 0.2) is 0 Å². The first-order valence-corrected chi connectivity index (χ1v) is 9.41. The number of nitrogens with zero attached hydrogens (tertiary/aromatic N) is 1. The van der Waals surface area contributed by atoms with E-state index in [2.05, 4.69) is 22.9 Å². The molecule has 2 atom stereocenters. The molecule has 96 valence electrons. The van der Waals surface area contributed by atoms with E-state index in [1.807, 2.05) is 18.7 Å². The van der Waals surface area contributed by atoms with Gasteiger partial charge in [-0.2, -0.15) is 16.1 Å². The van der Waals surface area contributed by atoms with Gasteiger partial charge in [0.2, 0.25) is 0 Å². The van der Waals surface area contributed by atoms with Gasteiger partial charge in [-0.3, -0.25) is 0 Å². The fourth-order valence-corrected chi connectivity index (χ4v) is 6.93. The van der Waals surface area contributed by atoms with E-state index in [1.165, 1.54) is 11.3 Å². The molecule has 0 bridgehead atoms. The first kappa shape index (κ1) is 13.9. The van der Waals surface area contributed by atoms with Gasteiger partial charge in [0.05, 0.1) is 3.79 Å². The Labute approximate surface area is 119 Å². The highest BCUT2D eigenvalue weighted by Crippen LogP contribution is 2.33. The van der Waals surface area contributed by atoms with E-state index in [0.717, 1.165) is 9.54 Å². The summed E-state index contributed by atoms with van der Waals surface area (Å²) in [5.41, 5.74) is 0. The fourth-order valence-electron chi connectivity index (χ4n) is 1.80. The Bertz CT molecular complexity index is 499. The van der Waals surface area contributed by atoms with Gasteiger partial charge >= 0.3 is 0 Å². The Balaban J connectivity index is 2.32. The molecule has 0 spiro atoms. The van der Waals surface area contributed by atoms with Crippen LogP contribution in [-0.4, -0.2) is 36.3 Å². The van der Waals surface area contributed by atoms with Crippen LogP contribution >= 0.6 is 39.0 Å². The number of rotatable bonds is 2. The van der Waals surface area contributed by atoms with Crippen LogP contribution in [0.3, 0.4) is 0 Å². The van der Waals surface area contributed by atoms with Crippen molar-refractivity contribution in [2.45, 2.75) is 29.3 Å². The molecule has 0 aromatic carbocycles. The molecule has 0 radical (unpaired) electrons. The molecule has 1 aliphatic rings. The molecule has 0 aliphatic carbocycles. The maximum Gasteiger partial charge on any atom is 0.252 e. The van der Waals surface area contributed by atoms with Gasteiger partial charge in [0, 0.05) is 23.6 Å². The zero-order valence-electron chi connectivity index (χ0n) is 9.59. The average Bonchev–Trinajstić information content (AvgIpc) is 2.69. The van der Waals surface area contributed by atoms with E-state index in [0.29, 0.717) is 16.0 Å². The summed E-state index contributed by atoms with van der Waals surface area (Å²) in [5, 5.41) is 0.349. The van der Waals surface area contributed by atoms with Crippen molar-refractivity contribution in [3.63, 3.8) is 0 Å². The van der Waals surface area contributed by atoms with E-state index < -0.39 is 10.0 Å². The lowest BCUT2D eigenvalue weighted by molar-refractivity contribution is 0.341. The van der Waals surface area contributed by atoms with Gasteiger partial charge in [-0.15, -0.1) is 11.3 Å². The summed E-state index contributed by atoms with van der Waals surface area (Å²) in [4.78, 5) is 0. The molecule has 0 N–H and O–H groups in total. The van der Waals surface area contributed by atoms with Gasteiger partial charge in [-0.05, 0) is 35.0 Å². The summed E-state index contributed by atoms with van der Waals surface area (Å²) < 4.78 is 27.8. The predicted octanol–water partition coefficient (Wildman–Crippen LogP) is 3.03. The van der Waals surface area contributed by atoms with Gasteiger partial charge in [-0.25, -0.2) is 8.42 Å². The Kier molecular flexibility index (Phi) is 4.24. The summed E-state index contributed by atoms with van der Waals surface area (Å²) in [6.45, 7) is 4.67. The summed E-state index contributed by atoms with van der Waals surface area (Å²) >= 11 is 6.41. The number of halogens is 1. The number of thioether (sulfide) groups is 1. The van der Waals surface area contributed by atoms with Crippen LogP contribution in [-0.2, 0) is 10.0 Å². The van der Waals surface area contributed by atoms with Crippen molar-refractivity contribution >= 4 is 49.1 Å². The molecule has 1 aliphatic heterocycles.